The molecule has 0 aliphatic carbocycles. The molecule has 11 heavy (non-hydrogen) atoms. The second-order valence-corrected chi connectivity index (χ2v) is 1.85. The lowest BCUT2D eigenvalue weighted by Crippen LogP contribution is -2.17. The van der Waals surface area contributed by atoms with Crippen LogP contribution in [0.25, 0.3) is 0 Å². The molecule has 0 fully saturated rings. The van der Waals surface area contributed by atoms with Crippen molar-refractivity contribution in [3.63, 3.8) is 0 Å². The molecule has 62 valence electrons. The quantitative estimate of drug-likeness (QED) is 0.345. The maximum atomic E-state index is 10.3. The van der Waals surface area contributed by atoms with Crippen LogP contribution < -0.4 is 0 Å². The lowest BCUT2D eigenvalue weighted by molar-refractivity contribution is -0.145. The summed E-state index contributed by atoms with van der Waals surface area (Å²) < 4.78 is 4.57. The zero-order valence-electron chi connectivity index (χ0n) is 6.19. The van der Waals surface area contributed by atoms with Gasteiger partial charge in [-0.25, -0.2) is 0 Å². The van der Waals surface area contributed by atoms with E-state index in [1.165, 1.54) is 19.1 Å². The van der Waals surface area contributed by atoms with Crippen LogP contribution in [0.1, 0.15) is 6.92 Å². The SMILES string of the molecule is CC(=O)O[C@@H](C=CC=O)CO. The Hall–Kier alpha value is -1.16. The number of allylic oxidation sites excluding steroid dienone is 1. The second-order valence-electron chi connectivity index (χ2n) is 1.85. The van der Waals surface area contributed by atoms with Crippen molar-refractivity contribution in [3.05, 3.63) is 12.2 Å². The third kappa shape index (κ3) is 5.29. The van der Waals surface area contributed by atoms with E-state index in [9.17, 15) is 9.59 Å². The topological polar surface area (TPSA) is 63.6 Å². The van der Waals surface area contributed by atoms with Gasteiger partial charge in [-0.2, -0.15) is 0 Å². The Kier molecular flexibility index (Phi) is 5.02. The van der Waals surface area contributed by atoms with E-state index in [0.717, 1.165) is 0 Å². The van der Waals surface area contributed by atoms with Gasteiger partial charge in [0.25, 0.3) is 0 Å². The van der Waals surface area contributed by atoms with E-state index in [0.29, 0.717) is 6.29 Å². The van der Waals surface area contributed by atoms with Crippen LogP contribution in [0.2, 0.25) is 0 Å². The zero-order chi connectivity index (χ0) is 8.69. The lowest BCUT2D eigenvalue weighted by Gasteiger charge is -2.07. The van der Waals surface area contributed by atoms with Gasteiger partial charge in [0.2, 0.25) is 0 Å². The van der Waals surface area contributed by atoms with E-state index < -0.39 is 12.1 Å². The number of ether oxygens (including phenoxy) is 1. The van der Waals surface area contributed by atoms with Gasteiger partial charge in [0.05, 0.1) is 6.61 Å². The first-order chi connectivity index (χ1) is 5.20. The molecule has 0 aromatic carbocycles. The summed E-state index contributed by atoms with van der Waals surface area (Å²) in [7, 11) is 0. The Morgan fingerprint density at radius 1 is 1.73 bits per heavy atom. The fourth-order valence-electron chi connectivity index (χ4n) is 0.520. The Bertz CT molecular complexity index is 162. The Morgan fingerprint density at radius 3 is 2.73 bits per heavy atom. The van der Waals surface area contributed by atoms with Crippen LogP contribution in [0.5, 0.6) is 0 Å². The van der Waals surface area contributed by atoms with Gasteiger partial charge in [0.1, 0.15) is 12.4 Å². The molecule has 4 nitrogen and oxygen atoms in total. The van der Waals surface area contributed by atoms with Gasteiger partial charge < -0.3 is 9.84 Å². The zero-order valence-corrected chi connectivity index (χ0v) is 6.19. The van der Waals surface area contributed by atoms with Gasteiger partial charge in [-0.05, 0) is 12.2 Å². The van der Waals surface area contributed by atoms with Crippen molar-refractivity contribution in [1.29, 1.82) is 0 Å². The molecule has 4 heteroatoms. The van der Waals surface area contributed by atoms with Crippen molar-refractivity contribution in [2.75, 3.05) is 6.61 Å². The van der Waals surface area contributed by atoms with Gasteiger partial charge in [-0.3, -0.25) is 9.59 Å². The number of carbonyl (C=O) groups is 2. The monoisotopic (exact) mass is 158 g/mol. The highest BCUT2D eigenvalue weighted by Gasteiger charge is 2.04. The maximum absolute atomic E-state index is 10.3. The molecule has 1 atom stereocenters. The minimum Gasteiger partial charge on any atom is -0.456 e. The molecule has 0 aliphatic rings. The van der Waals surface area contributed by atoms with Crippen molar-refractivity contribution in [3.8, 4) is 0 Å². The Labute approximate surface area is 64.5 Å². The molecule has 0 aromatic rings. The van der Waals surface area contributed by atoms with Crippen LogP contribution in [0.3, 0.4) is 0 Å². The first-order valence-corrected chi connectivity index (χ1v) is 3.10. The van der Waals surface area contributed by atoms with Crippen molar-refractivity contribution >= 4 is 12.3 Å². The summed E-state index contributed by atoms with van der Waals surface area (Å²) in [5.74, 6) is -0.486. The summed E-state index contributed by atoms with van der Waals surface area (Å²) in [5.41, 5.74) is 0. The summed E-state index contributed by atoms with van der Waals surface area (Å²) in [6, 6.07) is 0. The predicted molar refractivity (Wildman–Crippen MR) is 37.8 cm³/mol. The smallest absolute Gasteiger partial charge is 0.303 e. The molecule has 0 spiro atoms. The van der Waals surface area contributed by atoms with E-state index in [4.69, 9.17) is 5.11 Å². The molecule has 0 aromatic heterocycles. The lowest BCUT2D eigenvalue weighted by atomic mass is 10.3. The highest BCUT2D eigenvalue weighted by atomic mass is 16.5. The normalized spacial score (nSPS) is 12.9. The van der Waals surface area contributed by atoms with Crippen molar-refractivity contribution < 1.29 is 19.4 Å². The molecule has 0 rings (SSSR count). The number of hydrogen-bond donors (Lipinski definition) is 1. The van der Waals surface area contributed by atoms with Crippen molar-refractivity contribution in [1.82, 2.24) is 0 Å². The average molecular weight is 158 g/mol. The minimum absolute atomic E-state index is 0.316. The summed E-state index contributed by atoms with van der Waals surface area (Å²) in [4.78, 5) is 20.1. The number of aliphatic hydroxyl groups excluding tert-OH is 1. The van der Waals surface area contributed by atoms with Crippen molar-refractivity contribution in [2.24, 2.45) is 0 Å². The number of esters is 1. The van der Waals surface area contributed by atoms with Gasteiger partial charge in [0.15, 0.2) is 0 Å². The van der Waals surface area contributed by atoms with Gasteiger partial charge >= 0.3 is 5.97 Å². The van der Waals surface area contributed by atoms with Crippen LogP contribution in [-0.4, -0.2) is 30.1 Å². The first kappa shape index (κ1) is 9.84. The molecule has 0 unspecified atom stereocenters. The first-order valence-electron chi connectivity index (χ1n) is 3.10. The van der Waals surface area contributed by atoms with Gasteiger partial charge in [-0.15, -0.1) is 0 Å². The van der Waals surface area contributed by atoms with Crippen molar-refractivity contribution in [2.45, 2.75) is 13.0 Å². The van der Waals surface area contributed by atoms with Crippen LogP contribution in [0.15, 0.2) is 12.2 Å². The average Bonchev–Trinajstić information content (AvgIpc) is 1.97. The summed E-state index contributed by atoms with van der Waals surface area (Å²) in [6.45, 7) is 0.918. The van der Waals surface area contributed by atoms with Crippen LogP contribution >= 0.6 is 0 Å². The second kappa shape index (κ2) is 5.61. The van der Waals surface area contributed by atoms with E-state index in [2.05, 4.69) is 4.74 Å². The Morgan fingerprint density at radius 2 is 2.36 bits per heavy atom. The molecule has 0 radical (unpaired) electrons. The molecule has 0 aliphatic heterocycles. The van der Waals surface area contributed by atoms with Crippen LogP contribution in [-0.2, 0) is 14.3 Å². The van der Waals surface area contributed by atoms with E-state index in [1.54, 1.807) is 0 Å². The number of carbonyl (C=O) groups excluding carboxylic acids is 2. The van der Waals surface area contributed by atoms with Crippen LogP contribution in [0.4, 0.5) is 0 Å². The molecule has 0 saturated carbocycles. The van der Waals surface area contributed by atoms with Crippen LogP contribution in [0, 0.1) is 0 Å². The highest BCUT2D eigenvalue weighted by molar-refractivity contribution is 5.67. The summed E-state index contributed by atoms with van der Waals surface area (Å²) in [5, 5.41) is 8.56. The largest absolute Gasteiger partial charge is 0.456 e. The number of rotatable bonds is 4. The minimum atomic E-state index is -0.710. The third-order valence-corrected chi connectivity index (χ3v) is 0.902. The van der Waals surface area contributed by atoms with Gasteiger partial charge in [-0.1, -0.05) is 0 Å². The maximum Gasteiger partial charge on any atom is 0.303 e. The molecule has 1 N–H and O–H groups in total. The van der Waals surface area contributed by atoms with E-state index in [-0.39, 0.29) is 6.61 Å². The van der Waals surface area contributed by atoms with E-state index >= 15 is 0 Å². The number of hydrogen-bond acceptors (Lipinski definition) is 4. The fourth-order valence-corrected chi connectivity index (χ4v) is 0.520. The fraction of sp³-hybridized carbons (Fsp3) is 0.429. The summed E-state index contributed by atoms with van der Waals surface area (Å²) in [6.07, 6.45) is 2.32. The molecular formula is C7H10O4. The molecule has 0 amide bonds. The molecular weight excluding hydrogens is 148 g/mol. The number of aliphatic hydroxyl groups is 1. The summed E-state index contributed by atoms with van der Waals surface area (Å²) >= 11 is 0. The molecule has 0 saturated heterocycles. The number of aldehydes is 1. The molecule has 0 heterocycles. The van der Waals surface area contributed by atoms with E-state index in [1.807, 2.05) is 0 Å². The predicted octanol–water partition coefficient (Wildman–Crippen LogP) is -0.334. The highest BCUT2D eigenvalue weighted by Crippen LogP contribution is 1.92. The third-order valence-electron chi connectivity index (χ3n) is 0.902. The standard InChI is InChI=1S/C7H10O4/c1-6(10)11-7(5-9)3-2-4-8/h2-4,7,9H,5H2,1H3/t7-/m0/s1. The Balaban J connectivity index is 3.84. The molecule has 0 bridgehead atoms. The van der Waals surface area contributed by atoms with Gasteiger partial charge in [0, 0.05) is 6.92 Å².